The fourth-order valence-electron chi connectivity index (χ4n) is 4.25. The predicted octanol–water partition coefficient (Wildman–Crippen LogP) is 4.52. The lowest BCUT2D eigenvalue weighted by molar-refractivity contribution is -0.153. The molecule has 152 valence electrons. The smallest absolute Gasteiger partial charge is 0.310 e. The van der Waals surface area contributed by atoms with Crippen molar-refractivity contribution < 1.29 is 19.1 Å². The number of fused-ring (bicyclic) bond motifs is 1. The Morgan fingerprint density at radius 2 is 1.83 bits per heavy atom. The second-order valence-electron chi connectivity index (χ2n) is 7.50. The summed E-state index contributed by atoms with van der Waals surface area (Å²) in [5.74, 6) is -1.63. The van der Waals surface area contributed by atoms with Crippen LogP contribution in [0.3, 0.4) is 0 Å². The molecule has 5 nitrogen and oxygen atoms in total. The molecule has 1 fully saturated rings. The number of thiophene rings is 1. The molecule has 2 unspecified atom stereocenters. The van der Waals surface area contributed by atoms with Crippen LogP contribution in [0.4, 0.5) is 5.69 Å². The number of benzene rings is 1. The lowest BCUT2D eigenvalue weighted by Crippen LogP contribution is -2.42. The highest BCUT2D eigenvalue weighted by Crippen LogP contribution is 2.36. The van der Waals surface area contributed by atoms with Gasteiger partial charge in [-0.1, -0.05) is 42.6 Å². The third-order valence-corrected chi connectivity index (χ3v) is 7.00. The van der Waals surface area contributed by atoms with Gasteiger partial charge in [0, 0.05) is 12.2 Å². The molecule has 0 N–H and O–H groups in total. The Balaban J connectivity index is 1.42. The van der Waals surface area contributed by atoms with Crippen molar-refractivity contribution >= 4 is 46.3 Å². The second-order valence-corrected chi connectivity index (χ2v) is 9.22. The van der Waals surface area contributed by atoms with Gasteiger partial charge in [-0.3, -0.25) is 14.4 Å². The minimum absolute atomic E-state index is 0.00651. The van der Waals surface area contributed by atoms with Crippen molar-refractivity contribution in [2.45, 2.75) is 32.1 Å². The van der Waals surface area contributed by atoms with Gasteiger partial charge >= 0.3 is 5.97 Å². The Bertz CT molecular complexity index is 940. The average Bonchev–Trinajstić information content (AvgIpc) is 3.37. The van der Waals surface area contributed by atoms with E-state index in [1.165, 1.54) is 0 Å². The first kappa shape index (κ1) is 20.1. The van der Waals surface area contributed by atoms with Crippen LogP contribution in [0.15, 0.2) is 36.4 Å². The van der Waals surface area contributed by atoms with E-state index in [1.54, 1.807) is 12.1 Å². The Morgan fingerprint density at radius 3 is 2.59 bits per heavy atom. The minimum atomic E-state index is -0.497. The van der Waals surface area contributed by atoms with Gasteiger partial charge in [0.1, 0.15) is 0 Å². The zero-order valence-electron chi connectivity index (χ0n) is 15.9. The summed E-state index contributed by atoms with van der Waals surface area (Å²) >= 11 is 7.02. The number of rotatable bonds is 5. The molecule has 0 radical (unpaired) electrons. The van der Waals surface area contributed by atoms with Gasteiger partial charge in [-0.2, -0.15) is 0 Å². The maximum absolute atomic E-state index is 13.3. The van der Waals surface area contributed by atoms with E-state index in [-0.39, 0.29) is 18.3 Å². The molecule has 0 bridgehead atoms. The monoisotopic (exact) mass is 431 g/mol. The first-order chi connectivity index (χ1) is 14.0. The van der Waals surface area contributed by atoms with Crippen LogP contribution >= 0.6 is 22.9 Å². The molecule has 1 aliphatic heterocycles. The molecule has 7 heteroatoms. The second kappa shape index (κ2) is 8.67. The first-order valence-electron chi connectivity index (χ1n) is 9.89. The lowest BCUT2D eigenvalue weighted by atomic mass is 9.78. The number of ether oxygens (including phenoxy) is 1. The minimum Gasteiger partial charge on any atom is -0.457 e. The molecule has 1 aromatic heterocycles. The van der Waals surface area contributed by atoms with Crippen LogP contribution in [-0.4, -0.2) is 30.8 Å². The Hall–Kier alpha value is -2.18. The molecular weight excluding hydrogens is 410 g/mol. The van der Waals surface area contributed by atoms with Crippen molar-refractivity contribution in [2.75, 3.05) is 18.1 Å². The number of halogens is 1. The molecule has 0 spiro atoms. The number of amides is 1. The number of carbonyl (C=O) groups is 3. The molecule has 1 aliphatic carbocycles. The highest BCUT2D eigenvalue weighted by atomic mass is 35.5. The Kier molecular flexibility index (Phi) is 6.01. The molecule has 2 aromatic rings. The van der Waals surface area contributed by atoms with Crippen LogP contribution in [0.25, 0.3) is 0 Å². The quantitative estimate of drug-likeness (QED) is 0.515. The van der Waals surface area contributed by atoms with Crippen LogP contribution in [0.5, 0.6) is 0 Å². The third-order valence-electron chi connectivity index (χ3n) is 5.73. The maximum atomic E-state index is 13.3. The van der Waals surface area contributed by atoms with Crippen molar-refractivity contribution in [2.24, 2.45) is 11.8 Å². The van der Waals surface area contributed by atoms with E-state index in [0.29, 0.717) is 28.6 Å². The lowest BCUT2D eigenvalue weighted by Gasteiger charge is -2.32. The van der Waals surface area contributed by atoms with Gasteiger partial charge in [0.25, 0.3) is 0 Å². The van der Waals surface area contributed by atoms with Gasteiger partial charge in [-0.15, -0.1) is 11.3 Å². The van der Waals surface area contributed by atoms with Crippen LogP contribution in [0, 0.1) is 11.8 Å². The molecule has 29 heavy (non-hydrogen) atoms. The summed E-state index contributed by atoms with van der Waals surface area (Å²) in [7, 11) is 0. The standard InChI is InChI=1S/C22H22ClNO4S/c23-20-10-9-19(29-20)18(25)13-28-22(27)16-7-3-2-6-15(16)21(26)24-12-11-14-5-1-4-8-17(14)24/h1,4-5,8-10,15-16H,2-3,6-7,11-13H2. The SMILES string of the molecule is O=C(COC(=O)C1CCCCC1C(=O)N1CCc2ccccc21)c1ccc(Cl)s1. The zero-order valence-corrected chi connectivity index (χ0v) is 17.5. The predicted molar refractivity (Wildman–Crippen MR) is 113 cm³/mol. The molecule has 1 saturated carbocycles. The molecule has 2 atom stereocenters. The van der Waals surface area contributed by atoms with Crippen molar-refractivity contribution in [3.05, 3.63) is 51.2 Å². The summed E-state index contributed by atoms with van der Waals surface area (Å²) in [5, 5.41) is 0. The summed E-state index contributed by atoms with van der Waals surface area (Å²) in [6, 6.07) is 11.2. The number of carbonyl (C=O) groups excluding carboxylic acids is 3. The van der Waals surface area contributed by atoms with E-state index in [1.807, 2.05) is 29.2 Å². The van der Waals surface area contributed by atoms with E-state index in [9.17, 15) is 14.4 Å². The number of para-hydroxylation sites is 1. The average molecular weight is 432 g/mol. The first-order valence-corrected chi connectivity index (χ1v) is 11.1. The summed E-state index contributed by atoms with van der Waals surface area (Å²) in [4.78, 5) is 40.5. The third kappa shape index (κ3) is 4.23. The van der Waals surface area contributed by atoms with Gasteiger partial charge in [0.15, 0.2) is 6.61 Å². The molecule has 0 saturated heterocycles. The van der Waals surface area contributed by atoms with E-state index < -0.39 is 17.8 Å². The number of hydrogen-bond acceptors (Lipinski definition) is 5. The van der Waals surface area contributed by atoms with Gasteiger partial charge in [0.05, 0.1) is 21.0 Å². The summed E-state index contributed by atoms with van der Waals surface area (Å²) < 4.78 is 5.84. The number of Topliss-reactive ketones (excluding diaryl/α,β-unsaturated/α-hetero) is 1. The molecule has 4 rings (SSSR count). The molecule has 1 aromatic carbocycles. The van der Waals surface area contributed by atoms with Gasteiger partial charge in [-0.25, -0.2) is 0 Å². The van der Waals surface area contributed by atoms with Crippen molar-refractivity contribution in [1.29, 1.82) is 0 Å². The van der Waals surface area contributed by atoms with Gasteiger partial charge < -0.3 is 9.64 Å². The molecule has 2 aliphatic rings. The number of nitrogens with zero attached hydrogens (tertiary/aromatic N) is 1. The Morgan fingerprint density at radius 1 is 1.07 bits per heavy atom. The maximum Gasteiger partial charge on any atom is 0.310 e. The van der Waals surface area contributed by atoms with E-state index in [2.05, 4.69) is 0 Å². The topological polar surface area (TPSA) is 63.7 Å². The highest BCUT2D eigenvalue weighted by Gasteiger charge is 2.40. The fourth-order valence-corrected chi connectivity index (χ4v) is 5.22. The number of anilines is 1. The van der Waals surface area contributed by atoms with Crippen molar-refractivity contribution in [3.63, 3.8) is 0 Å². The Labute approximate surface area is 178 Å². The summed E-state index contributed by atoms with van der Waals surface area (Å²) in [6.07, 6.45) is 3.92. The normalized spacial score (nSPS) is 20.9. The van der Waals surface area contributed by atoms with E-state index >= 15 is 0 Å². The molecular formula is C22H22ClNO4S. The van der Waals surface area contributed by atoms with Crippen LogP contribution in [0.2, 0.25) is 4.34 Å². The van der Waals surface area contributed by atoms with Crippen molar-refractivity contribution in [3.8, 4) is 0 Å². The zero-order chi connectivity index (χ0) is 20.4. The van der Waals surface area contributed by atoms with E-state index in [4.69, 9.17) is 16.3 Å². The summed E-state index contributed by atoms with van der Waals surface area (Å²) in [5.41, 5.74) is 2.11. The largest absolute Gasteiger partial charge is 0.457 e. The van der Waals surface area contributed by atoms with Gasteiger partial charge in [-0.05, 0) is 43.0 Å². The van der Waals surface area contributed by atoms with Crippen LogP contribution in [0.1, 0.15) is 40.9 Å². The molecule has 1 amide bonds. The van der Waals surface area contributed by atoms with Gasteiger partial charge in [0.2, 0.25) is 11.7 Å². The number of esters is 1. The van der Waals surface area contributed by atoms with E-state index in [0.717, 1.165) is 41.9 Å². The van der Waals surface area contributed by atoms with Crippen LogP contribution in [-0.2, 0) is 20.7 Å². The number of ketones is 1. The highest BCUT2D eigenvalue weighted by molar-refractivity contribution is 7.18. The molecule has 2 heterocycles. The summed E-state index contributed by atoms with van der Waals surface area (Å²) in [6.45, 7) is 0.327. The number of hydrogen-bond donors (Lipinski definition) is 0. The fraction of sp³-hybridized carbons (Fsp3) is 0.409. The van der Waals surface area contributed by atoms with Crippen LogP contribution < -0.4 is 4.90 Å². The van der Waals surface area contributed by atoms with Crippen molar-refractivity contribution in [1.82, 2.24) is 0 Å².